The van der Waals surface area contributed by atoms with E-state index in [2.05, 4.69) is 172 Å². The molecule has 1 aromatic heterocycles. The molecule has 1 aliphatic carbocycles. The van der Waals surface area contributed by atoms with Gasteiger partial charge in [0.05, 0.1) is 5.54 Å². The first-order valence-electron chi connectivity index (χ1n) is 20.9. The molecule has 0 radical (unpaired) electrons. The molecule has 2 unspecified atom stereocenters. The third-order valence-electron chi connectivity index (χ3n) is 14.6. The standard InChI is InChI=1S/C51H57BN2S/c1-30-25-31(47(2,3)4)19-20-38(30)54-39-21-22-42-44(34-17-13-14-18-41(34)55-42)43(39)35-26-32(48(5,6)7)29-40-45(35)52(54)37-28-33(49(8,9)10)27-36-46(37)53(40)51(12)24-16-15-23-50(36,51)11/h13-14,17-22,25-29H,15-16,23-24H2,1-12H3. The van der Waals surface area contributed by atoms with E-state index in [1.165, 1.54) is 113 Å². The van der Waals surface area contributed by atoms with E-state index >= 15 is 0 Å². The third kappa shape index (κ3) is 4.67. The van der Waals surface area contributed by atoms with Crippen LogP contribution in [0.5, 0.6) is 0 Å². The summed E-state index contributed by atoms with van der Waals surface area (Å²) in [5, 5.41) is 2.78. The fourth-order valence-corrected chi connectivity index (χ4v) is 12.2. The minimum absolute atomic E-state index is 0.0159. The SMILES string of the molecule is Cc1cc(C(C)(C)C)ccc1N1B2c3cc(C(C)(C)C)cc4c3N(c3cc(C(C)(C)C)cc(c32)-c2c1ccc1sc3ccccc3c21)C1(C)CCCCC41C. The molecule has 5 aromatic carbocycles. The topological polar surface area (TPSA) is 6.48 Å². The summed E-state index contributed by atoms with van der Waals surface area (Å²) in [5.41, 5.74) is 18.7. The molecule has 3 aliphatic heterocycles. The van der Waals surface area contributed by atoms with Gasteiger partial charge in [-0.2, -0.15) is 0 Å². The molecule has 4 heteroatoms. The van der Waals surface area contributed by atoms with Crippen LogP contribution in [0.15, 0.2) is 78.9 Å². The maximum absolute atomic E-state index is 2.92. The first-order chi connectivity index (χ1) is 25.8. The Bertz CT molecular complexity index is 2630. The number of aryl methyl sites for hydroxylation is 1. The number of anilines is 4. The van der Waals surface area contributed by atoms with Crippen LogP contribution in [0.3, 0.4) is 0 Å². The van der Waals surface area contributed by atoms with E-state index in [0.717, 1.165) is 0 Å². The van der Waals surface area contributed by atoms with Gasteiger partial charge >= 0.3 is 6.85 Å². The number of fused-ring (bicyclic) bond motifs is 11. The molecule has 1 saturated carbocycles. The molecule has 4 aliphatic rings. The van der Waals surface area contributed by atoms with Crippen molar-refractivity contribution in [3.8, 4) is 11.1 Å². The molecule has 6 aromatic rings. The van der Waals surface area contributed by atoms with Crippen LogP contribution in [-0.2, 0) is 21.7 Å². The van der Waals surface area contributed by atoms with Gasteiger partial charge in [-0.25, -0.2) is 0 Å². The molecule has 10 rings (SSSR count). The van der Waals surface area contributed by atoms with Gasteiger partial charge in [0.1, 0.15) is 0 Å². The molecule has 0 spiro atoms. The predicted molar refractivity (Wildman–Crippen MR) is 242 cm³/mol. The van der Waals surface area contributed by atoms with E-state index in [1.54, 1.807) is 5.56 Å². The number of benzene rings is 5. The molecule has 2 atom stereocenters. The molecule has 0 amide bonds. The van der Waals surface area contributed by atoms with E-state index in [4.69, 9.17) is 0 Å². The highest BCUT2D eigenvalue weighted by atomic mass is 32.1. The van der Waals surface area contributed by atoms with Crippen LogP contribution >= 0.6 is 11.3 Å². The molecular weight excluding hydrogens is 683 g/mol. The second-order valence-corrected chi connectivity index (χ2v) is 22.1. The van der Waals surface area contributed by atoms with Crippen molar-refractivity contribution in [1.29, 1.82) is 0 Å². The van der Waals surface area contributed by atoms with Crippen LogP contribution in [0.4, 0.5) is 22.7 Å². The van der Waals surface area contributed by atoms with Crippen molar-refractivity contribution >= 4 is 72.0 Å². The van der Waals surface area contributed by atoms with Crippen molar-refractivity contribution in [1.82, 2.24) is 0 Å². The lowest BCUT2D eigenvalue weighted by Gasteiger charge is -2.53. The van der Waals surface area contributed by atoms with Crippen LogP contribution in [0, 0.1) is 6.92 Å². The number of hydrogen-bond acceptors (Lipinski definition) is 3. The van der Waals surface area contributed by atoms with Crippen molar-refractivity contribution < 1.29 is 0 Å². The van der Waals surface area contributed by atoms with Gasteiger partial charge in [-0.05, 0) is 118 Å². The van der Waals surface area contributed by atoms with Crippen LogP contribution in [0.25, 0.3) is 31.3 Å². The third-order valence-corrected chi connectivity index (χ3v) is 15.7. The van der Waals surface area contributed by atoms with Crippen molar-refractivity contribution in [3.05, 3.63) is 107 Å². The summed E-state index contributed by atoms with van der Waals surface area (Å²) in [4.78, 5) is 5.70. The molecule has 280 valence electrons. The van der Waals surface area contributed by atoms with Gasteiger partial charge in [0.2, 0.25) is 0 Å². The highest BCUT2D eigenvalue weighted by Crippen LogP contribution is 2.63. The largest absolute Gasteiger partial charge is 0.376 e. The Morgan fingerprint density at radius 2 is 1.33 bits per heavy atom. The highest BCUT2D eigenvalue weighted by molar-refractivity contribution is 7.26. The lowest BCUT2D eigenvalue weighted by Crippen LogP contribution is -2.65. The molecular formula is C51H57BN2S. The lowest BCUT2D eigenvalue weighted by atomic mass is 9.42. The first kappa shape index (κ1) is 35.4. The van der Waals surface area contributed by atoms with E-state index < -0.39 is 0 Å². The Balaban J connectivity index is 1.41. The monoisotopic (exact) mass is 740 g/mol. The van der Waals surface area contributed by atoms with E-state index in [1.807, 2.05) is 11.3 Å². The fourth-order valence-electron chi connectivity index (χ4n) is 11.1. The minimum Gasteiger partial charge on any atom is -0.376 e. The van der Waals surface area contributed by atoms with Crippen LogP contribution in [0.2, 0.25) is 0 Å². The van der Waals surface area contributed by atoms with Gasteiger partial charge in [-0.1, -0.05) is 131 Å². The Labute approximate surface area is 334 Å². The quantitative estimate of drug-likeness (QED) is 0.155. The Morgan fingerprint density at radius 3 is 2.04 bits per heavy atom. The van der Waals surface area contributed by atoms with Crippen molar-refractivity contribution in [3.63, 3.8) is 0 Å². The second-order valence-electron chi connectivity index (χ2n) is 21.0. The number of nitrogens with zero attached hydrogens (tertiary/aromatic N) is 2. The van der Waals surface area contributed by atoms with Gasteiger partial charge in [0.15, 0.2) is 0 Å². The van der Waals surface area contributed by atoms with Gasteiger partial charge in [-0.3, -0.25) is 0 Å². The van der Waals surface area contributed by atoms with Gasteiger partial charge in [-0.15, -0.1) is 11.3 Å². The smallest absolute Gasteiger partial charge is 0.333 e. The van der Waals surface area contributed by atoms with Crippen LogP contribution in [0.1, 0.15) is 130 Å². The molecule has 0 bridgehead atoms. The van der Waals surface area contributed by atoms with E-state index in [-0.39, 0.29) is 34.0 Å². The fraction of sp³-hybridized carbons (Fsp3) is 0.412. The summed E-state index contributed by atoms with van der Waals surface area (Å²) >= 11 is 1.94. The number of thiophene rings is 1. The van der Waals surface area contributed by atoms with Gasteiger partial charge in [0, 0.05) is 53.9 Å². The van der Waals surface area contributed by atoms with Gasteiger partial charge < -0.3 is 9.71 Å². The van der Waals surface area contributed by atoms with Crippen LogP contribution in [-0.4, -0.2) is 12.4 Å². The van der Waals surface area contributed by atoms with Crippen LogP contribution < -0.4 is 20.6 Å². The van der Waals surface area contributed by atoms with E-state index in [9.17, 15) is 0 Å². The Morgan fingerprint density at radius 1 is 0.655 bits per heavy atom. The maximum atomic E-state index is 2.92. The molecule has 55 heavy (non-hydrogen) atoms. The van der Waals surface area contributed by atoms with Gasteiger partial charge in [0.25, 0.3) is 0 Å². The number of hydrogen-bond donors (Lipinski definition) is 0. The average molecular weight is 741 g/mol. The molecule has 2 nitrogen and oxygen atoms in total. The molecule has 1 fully saturated rings. The maximum Gasteiger partial charge on any atom is 0.333 e. The Kier molecular flexibility index (Phi) is 7.14. The molecule has 4 heterocycles. The Hall–Kier alpha value is -4.02. The average Bonchev–Trinajstić information content (AvgIpc) is 3.59. The summed E-state index contributed by atoms with van der Waals surface area (Å²) in [5.74, 6) is 0. The van der Waals surface area contributed by atoms with Crippen molar-refractivity contribution in [2.24, 2.45) is 0 Å². The summed E-state index contributed by atoms with van der Waals surface area (Å²) in [7, 11) is 0. The summed E-state index contributed by atoms with van der Waals surface area (Å²) < 4.78 is 2.73. The first-order valence-corrected chi connectivity index (χ1v) is 21.7. The summed E-state index contributed by atoms with van der Waals surface area (Å²) in [6, 6.07) is 31.8. The summed E-state index contributed by atoms with van der Waals surface area (Å²) in [6.45, 7) is 29.1. The highest BCUT2D eigenvalue weighted by Gasteiger charge is 2.62. The molecule has 0 N–H and O–H groups in total. The van der Waals surface area contributed by atoms with Crippen molar-refractivity contribution in [2.45, 2.75) is 136 Å². The number of rotatable bonds is 1. The second kappa shape index (κ2) is 11.1. The normalized spacial score (nSPS) is 21.6. The zero-order valence-electron chi connectivity index (χ0n) is 35.2. The van der Waals surface area contributed by atoms with E-state index in [0.29, 0.717) is 0 Å². The minimum atomic E-state index is -0.0233. The zero-order chi connectivity index (χ0) is 38.8. The predicted octanol–water partition coefficient (Wildman–Crippen LogP) is 13.2. The van der Waals surface area contributed by atoms with Crippen molar-refractivity contribution in [2.75, 3.05) is 9.71 Å². The summed E-state index contributed by atoms with van der Waals surface area (Å²) in [6.07, 6.45) is 5.00. The zero-order valence-corrected chi connectivity index (χ0v) is 36.0. The molecule has 0 saturated heterocycles. The lowest BCUT2D eigenvalue weighted by molar-refractivity contribution is 0.195.